The van der Waals surface area contributed by atoms with Gasteiger partial charge in [0.1, 0.15) is 0 Å². The van der Waals surface area contributed by atoms with Crippen molar-refractivity contribution in [2.45, 2.75) is 6.92 Å². The van der Waals surface area contributed by atoms with Gasteiger partial charge in [-0.25, -0.2) is 4.79 Å². The predicted octanol–water partition coefficient (Wildman–Crippen LogP) is 5.56. The molecule has 0 aliphatic carbocycles. The van der Waals surface area contributed by atoms with E-state index in [2.05, 4.69) is 35.2 Å². The molecule has 0 radical (unpaired) electrons. The van der Waals surface area contributed by atoms with Gasteiger partial charge in [0.05, 0.1) is 0 Å². The predicted molar refractivity (Wildman–Crippen MR) is 103 cm³/mol. The number of hydrogen-bond donors (Lipinski definition) is 1. The number of nitrogens with zero attached hydrogens (tertiary/aromatic N) is 1. The third-order valence-electron chi connectivity index (χ3n) is 3.95. The summed E-state index contributed by atoms with van der Waals surface area (Å²) in [6, 6.07) is 26.4. The van der Waals surface area contributed by atoms with E-state index in [1.165, 1.54) is 0 Å². The van der Waals surface area contributed by atoms with Crippen molar-refractivity contribution in [1.82, 2.24) is 0 Å². The van der Waals surface area contributed by atoms with Crippen molar-refractivity contribution in [3.8, 4) is 0 Å². The Morgan fingerprint density at radius 2 is 1.40 bits per heavy atom. The molecule has 0 aliphatic rings. The second kappa shape index (κ2) is 7.49. The number of anilines is 3. The Bertz CT molecular complexity index is 847. The number of benzene rings is 3. The zero-order chi connectivity index (χ0) is 17.6. The van der Waals surface area contributed by atoms with Crippen LogP contribution >= 0.6 is 0 Å². The van der Waals surface area contributed by atoms with Crippen LogP contribution in [0.5, 0.6) is 0 Å². The maximum Gasteiger partial charge on any atom is 0.328 e. The molecule has 0 heterocycles. The molecule has 0 unspecified atom stereocenters. The lowest BCUT2D eigenvalue weighted by molar-refractivity contribution is -0.131. The van der Waals surface area contributed by atoms with Gasteiger partial charge in [-0.1, -0.05) is 42.5 Å². The van der Waals surface area contributed by atoms with Gasteiger partial charge in [0.15, 0.2) is 0 Å². The first-order chi connectivity index (χ1) is 12.1. The molecule has 0 atom stereocenters. The lowest BCUT2D eigenvalue weighted by atomic mass is 10.1. The molecule has 1 N–H and O–H groups in total. The smallest absolute Gasteiger partial charge is 0.328 e. The van der Waals surface area contributed by atoms with Gasteiger partial charge in [-0.05, 0) is 60.5 Å². The summed E-state index contributed by atoms with van der Waals surface area (Å²) in [6.45, 7) is 1.99. The van der Waals surface area contributed by atoms with Gasteiger partial charge in [0.25, 0.3) is 0 Å². The second-order valence-corrected chi connectivity index (χ2v) is 5.72. The summed E-state index contributed by atoms with van der Waals surface area (Å²) >= 11 is 0. The van der Waals surface area contributed by atoms with Crippen molar-refractivity contribution in [3.05, 3.63) is 96.1 Å². The van der Waals surface area contributed by atoms with Gasteiger partial charge in [0, 0.05) is 23.1 Å². The van der Waals surface area contributed by atoms with Crippen molar-refractivity contribution in [2.24, 2.45) is 0 Å². The standard InChI is InChI=1S/C22H19NO2/c1-17-16-21(14-12-18(17)13-15-22(24)25)23(19-8-4-2-5-9-19)20-10-6-3-7-11-20/h2-16H,1H3,(H,24,25). The van der Waals surface area contributed by atoms with E-state index in [0.29, 0.717) is 0 Å². The normalized spacial score (nSPS) is 10.8. The maximum absolute atomic E-state index is 10.7. The molecule has 0 amide bonds. The van der Waals surface area contributed by atoms with Crippen LogP contribution in [0.3, 0.4) is 0 Å². The van der Waals surface area contributed by atoms with Gasteiger partial charge in [-0.2, -0.15) is 0 Å². The summed E-state index contributed by atoms with van der Waals surface area (Å²) in [7, 11) is 0. The van der Waals surface area contributed by atoms with E-state index in [0.717, 1.165) is 34.3 Å². The van der Waals surface area contributed by atoms with E-state index in [4.69, 9.17) is 5.11 Å². The molecule has 25 heavy (non-hydrogen) atoms. The zero-order valence-corrected chi connectivity index (χ0v) is 14.0. The van der Waals surface area contributed by atoms with Gasteiger partial charge in [-0.3, -0.25) is 0 Å². The van der Waals surface area contributed by atoms with Crippen LogP contribution in [0.2, 0.25) is 0 Å². The lowest BCUT2D eigenvalue weighted by Crippen LogP contribution is -2.10. The SMILES string of the molecule is Cc1cc(N(c2ccccc2)c2ccccc2)ccc1C=CC(=O)O. The Hall–Kier alpha value is -3.33. The first-order valence-electron chi connectivity index (χ1n) is 8.07. The number of rotatable bonds is 5. The molecule has 0 saturated carbocycles. The summed E-state index contributed by atoms with van der Waals surface area (Å²) in [6.07, 6.45) is 2.78. The molecule has 3 rings (SSSR count). The minimum absolute atomic E-state index is 0.896. The fourth-order valence-electron chi connectivity index (χ4n) is 2.75. The number of carboxylic acid groups (broad SMARTS) is 1. The summed E-state index contributed by atoms with van der Waals surface area (Å²) in [5.74, 6) is -0.946. The van der Waals surface area contributed by atoms with E-state index >= 15 is 0 Å². The Morgan fingerprint density at radius 3 is 1.88 bits per heavy atom. The second-order valence-electron chi connectivity index (χ2n) is 5.72. The van der Waals surface area contributed by atoms with Crippen molar-refractivity contribution >= 4 is 29.1 Å². The summed E-state index contributed by atoms with van der Waals surface area (Å²) in [5, 5.41) is 8.81. The van der Waals surface area contributed by atoms with Crippen LogP contribution in [-0.4, -0.2) is 11.1 Å². The highest BCUT2D eigenvalue weighted by atomic mass is 16.4. The van der Waals surface area contributed by atoms with Crippen molar-refractivity contribution in [1.29, 1.82) is 0 Å². The molecule has 3 aromatic rings. The quantitative estimate of drug-likeness (QED) is 0.623. The summed E-state index contributed by atoms with van der Waals surface area (Å²) in [4.78, 5) is 12.9. The first kappa shape index (κ1) is 16.5. The van der Waals surface area contributed by atoms with E-state index in [9.17, 15) is 4.79 Å². The van der Waals surface area contributed by atoms with Crippen LogP contribution in [0.15, 0.2) is 84.9 Å². The van der Waals surface area contributed by atoms with E-state index in [-0.39, 0.29) is 0 Å². The molecular formula is C22H19NO2. The highest BCUT2D eigenvalue weighted by Gasteiger charge is 2.12. The minimum atomic E-state index is -0.946. The zero-order valence-electron chi connectivity index (χ0n) is 14.0. The Balaban J connectivity index is 2.05. The molecule has 0 aromatic heterocycles. The van der Waals surface area contributed by atoms with Crippen LogP contribution in [0.4, 0.5) is 17.1 Å². The van der Waals surface area contributed by atoms with Crippen molar-refractivity contribution in [3.63, 3.8) is 0 Å². The average molecular weight is 329 g/mol. The molecule has 3 aromatic carbocycles. The molecule has 3 nitrogen and oxygen atoms in total. The monoisotopic (exact) mass is 329 g/mol. The number of aliphatic carboxylic acids is 1. The number of carbonyl (C=O) groups is 1. The fraction of sp³-hybridized carbons (Fsp3) is 0.0455. The fourth-order valence-corrected chi connectivity index (χ4v) is 2.75. The summed E-state index contributed by atoms with van der Waals surface area (Å²) < 4.78 is 0. The highest BCUT2D eigenvalue weighted by Crippen LogP contribution is 2.35. The molecule has 0 saturated heterocycles. The topological polar surface area (TPSA) is 40.5 Å². The number of aryl methyl sites for hydroxylation is 1. The Morgan fingerprint density at radius 1 is 0.840 bits per heavy atom. The summed E-state index contributed by atoms with van der Waals surface area (Å²) in [5.41, 5.74) is 5.09. The van der Waals surface area contributed by atoms with Crippen LogP contribution in [0, 0.1) is 6.92 Å². The van der Waals surface area contributed by atoms with Gasteiger partial charge >= 0.3 is 5.97 Å². The molecule has 0 aliphatic heterocycles. The first-order valence-corrected chi connectivity index (χ1v) is 8.07. The van der Waals surface area contributed by atoms with Crippen LogP contribution in [0.25, 0.3) is 6.08 Å². The van der Waals surface area contributed by atoms with Gasteiger partial charge < -0.3 is 10.0 Å². The Labute approximate surface area is 147 Å². The maximum atomic E-state index is 10.7. The number of para-hydroxylation sites is 2. The van der Waals surface area contributed by atoms with Crippen LogP contribution in [-0.2, 0) is 4.79 Å². The van der Waals surface area contributed by atoms with E-state index in [1.54, 1.807) is 6.08 Å². The molecule has 0 spiro atoms. The van der Waals surface area contributed by atoms with Gasteiger partial charge in [0.2, 0.25) is 0 Å². The number of hydrogen-bond acceptors (Lipinski definition) is 2. The van der Waals surface area contributed by atoms with Gasteiger partial charge in [-0.15, -0.1) is 0 Å². The molecule has 3 heteroatoms. The van der Waals surface area contributed by atoms with E-state index < -0.39 is 5.97 Å². The third-order valence-corrected chi connectivity index (χ3v) is 3.95. The molecular weight excluding hydrogens is 310 g/mol. The molecule has 0 bridgehead atoms. The molecule has 0 fully saturated rings. The Kier molecular flexibility index (Phi) is 4.95. The largest absolute Gasteiger partial charge is 0.478 e. The number of carboxylic acids is 1. The van der Waals surface area contributed by atoms with Crippen LogP contribution < -0.4 is 4.90 Å². The van der Waals surface area contributed by atoms with Crippen molar-refractivity contribution < 1.29 is 9.90 Å². The van der Waals surface area contributed by atoms with Crippen LogP contribution in [0.1, 0.15) is 11.1 Å². The van der Waals surface area contributed by atoms with E-state index in [1.807, 2.05) is 55.5 Å². The van der Waals surface area contributed by atoms with Crippen molar-refractivity contribution in [2.75, 3.05) is 4.90 Å². The lowest BCUT2D eigenvalue weighted by Gasteiger charge is -2.26. The molecule has 124 valence electrons. The third kappa shape index (κ3) is 3.96. The average Bonchev–Trinajstić information content (AvgIpc) is 2.63. The minimum Gasteiger partial charge on any atom is -0.478 e. The highest BCUT2D eigenvalue weighted by molar-refractivity contribution is 5.86.